The lowest BCUT2D eigenvalue weighted by Crippen LogP contribution is -2.36. The van der Waals surface area contributed by atoms with Crippen molar-refractivity contribution < 1.29 is 14.7 Å². The van der Waals surface area contributed by atoms with Gasteiger partial charge in [0.15, 0.2) is 11.4 Å². The number of rotatable bonds is 7. The molecule has 190 valence electrons. The molecule has 0 aliphatic carbocycles. The van der Waals surface area contributed by atoms with E-state index in [0.717, 1.165) is 10.6 Å². The summed E-state index contributed by atoms with van der Waals surface area (Å²) in [6.07, 6.45) is 3.70. The van der Waals surface area contributed by atoms with E-state index in [9.17, 15) is 14.7 Å². The Morgan fingerprint density at radius 3 is 2.81 bits per heavy atom. The Hall–Kier alpha value is -4.16. The van der Waals surface area contributed by atoms with Crippen LogP contribution in [0.5, 0.6) is 0 Å². The van der Waals surface area contributed by atoms with Gasteiger partial charge in [-0.25, -0.2) is 15.0 Å². The van der Waals surface area contributed by atoms with Gasteiger partial charge < -0.3 is 20.2 Å². The first-order valence-electron chi connectivity index (χ1n) is 11.6. The number of likely N-dealkylation sites (tertiary alicyclic amines) is 1. The molecule has 4 aromatic rings. The van der Waals surface area contributed by atoms with Crippen LogP contribution in [0.1, 0.15) is 12.0 Å². The molecule has 0 spiro atoms. The highest BCUT2D eigenvalue weighted by Gasteiger charge is 2.45. The van der Waals surface area contributed by atoms with E-state index >= 15 is 0 Å². The number of amides is 2. The Morgan fingerprint density at radius 1 is 1.22 bits per heavy atom. The second-order valence-electron chi connectivity index (χ2n) is 9.03. The molecule has 1 aliphatic rings. The van der Waals surface area contributed by atoms with Crippen molar-refractivity contribution in [3.05, 3.63) is 59.7 Å². The fraction of sp³-hybridized carbons (Fsp3) is 0.280. The summed E-state index contributed by atoms with van der Waals surface area (Å²) < 4.78 is 1.54. The number of likely N-dealkylation sites (N-methyl/N-ethyl adjacent to an activating group) is 2. The number of nitrogens with zero attached hydrogens (tertiary/aromatic N) is 7. The van der Waals surface area contributed by atoms with Crippen LogP contribution in [0.2, 0.25) is 0 Å². The van der Waals surface area contributed by atoms with Gasteiger partial charge in [-0.05, 0) is 17.7 Å². The molecule has 0 saturated carbocycles. The molecule has 1 atom stereocenters. The van der Waals surface area contributed by atoms with Crippen LogP contribution in [0.4, 0.5) is 11.8 Å². The van der Waals surface area contributed by atoms with E-state index in [4.69, 9.17) is 4.98 Å². The number of carbonyl (C=O) groups is 2. The van der Waals surface area contributed by atoms with Crippen LogP contribution in [0, 0.1) is 0 Å². The molecular weight excluding hydrogens is 492 g/mol. The zero-order valence-corrected chi connectivity index (χ0v) is 21.4. The first-order valence-corrected chi connectivity index (χ1v) is 12.5. The van der Waals surface area contributed by atoms with Crippen molar-refractivity contribution in [2.45, 2.75) is 18.6 Å². The van der Waals surface area contributed by atoms with Gasteiger partial charge in [0.2, 0.25) is 11.9 Å². The Bertz CT molecular complexity index is 1470. The molecule has 2 amide bonds. The zero-order chi connectivity index (χ0) is 26.2. The summed E-state index contributed by atoms with van der Waals surface area (Å²) in [6, 6.07) is 10.8. The maximum Gasteiger partial charge on any atom is 0.258 e. The highest BCUT2D eigenvalue weighted by atomic mass is 32.1. The van der Waals surface area contributed by atoms with Gasteiger partial charge in [0.25, 0.3) is 5.91 Å². The highest BCUT2D eigenvalue weighted by Crippen LogP contribution is 2.36. The zero-order valence-electron chi connectivity index (χ0n) is 20.6. The van der Waals surface area contributed by atoms with Crippen LogP contribution in [-0.4, -0.2) is 79.1 Å². The van der Waals surface area contributed by atoms with Gasteiger partial charge in [-0.2, -0.15) is 5.10 Å². The van der Waals surface area contributed by atoms with Crippen LogP contribution in [0.25, 0.3) is 22.0 Å². The van der Waals surface area contributed by atoms with Gasteiger partial charge in [-0.15, -0.1) is 11.3 Å². The second-order valence-corrected chi connectivity index (χ2v) is 9.89. The van der Waals surface area contributed by atoms with Crippen molar-refractivity contribution in [3.63, 3.8) is 0 Å². The average molecular weight is 519 g/mol. The molecule has 0 radical (unpaired) electrons. The third kappa shape index (κ3) is 4.93. The molecule has 12 heteroatoms. The lowest BCUT2D eigenvalue weighted by molar-refractivity contribution is -0.143. The summed E-state index contributed by atoms with van der Waals surface area (Å²) in [6.45, 7) is 0.653. The third-order valence-electron chi connectivity index (χ3n) is 6.20. The molecule has 1 aliphatic heterocycles. The van der Waals surface area contributed by atoms with Crippen molar-refractivity contribution in [1.29, 1.82) is 0 Å². The van der Waals surface area contributed by atoms with E-state index < -0.39 is 5.60 Å². The minimum atomic E-state index is -1.51. The molecule has 1 aromatic carbocycles. The summed E-state index contributed by atoms with van der Waals surface area (Å²) in [7, 11) is 5.09. The van der Waals surface area contributed by atoms with E-state index in [0.29, 0.717) is 41.7 Å². The largest absolute Gasteiger partial charge is 0.375 e. The van der Waals surface area contributed by atoms with Gasteiger partial charge in [0, 0.05) is 63.5 Å². The highest BCUT2D eigenvalue weighted by molar-refractivity contribution is 7.13. The molecule has 0 unspecified atom stereocenters. The van der Waals surface area contributed by atoms with E-state index in [1.165, 1.54) is 16.2 Å². The SMILES string of the molecule is CN(C)C(=O)Cn1ccc(Nc2nccc(-c3csc(-c4cccc([C@]5(O)CCN(C)C5=O)c4)n3)n2)n1. The molecule has 37 heavy (non-hydrogen) atoms. The third-order valence-corrected chi connectivity index (χ3v) is 7.09. The number of thiazole rings is 1. The maximum atomic E-state index is 12.5. The van der Waals surface area contributed by atoms with Gasteiger partial charge in [0.1, 0.15) is 17.2 Å². The number of anilines is 2. The molecule has 1 saturated heterocycles. The number of aromatic nitrogens is 5. The summed E-state index contributed by atoms with van der Waals surface area (Å²) >= 11 is 1.45. The van der Waals surface area contributed by atoms with Crippen LogP contribution in [0.3, 0.4) is 0 Å². The van der Waals surface area contributed by atoms with Gasteiger partial charge >= 0.3 is 0 Å². The van der Waals surface area contributed by atoms with Gasteiger partial charge in [0.05, 0.1) is 5.69 Å². The quantitative estimate of drug-likeness (QED) is 0.381. The van der Waals surface area contributed by atoms with Gasteiger partial charge in [-0.3, -0.25) is 14.3 Å². The molecule has 11 nitrogen and oxygen atoms in total. The van der Waals surface area contributed by atoms with E-state index in [1.54, 1.807) is 61.3 Å². The lowest BCUT2D eigenvalue weighted by atomic mass is 9.91. The first-order chi connectivity index (χ1) is 17.7. The topological polar surface area (TPSA) is 129 Å². The number of aliphatic hydroxyl groups is 1. The average Bonchev–Trinajstić information content (AvgIpc) is 3.62. The van der Waals surface area contributed by atoms with Crippen LogP contribution < -0.4 is 5.32 Å². The fourth-order valence-corrected chi connectivity index (χ4v) is 4.84. The van der Waals surface area contributed by atoms with Crippen LogP contribution in [0.15, 0.2) is 54.2 Å². The Labute approximate surface area is 217 Å². The van der Waals surface area contributed by atoms with Crippen LogP contribution >= 0.6 is 11.3 Å². The van der Waals surface area contributed by atoms with Gasteiger partial charge in [-0.1, -0.05) is 18.2 Å². The Morgan fingerprint density at radius 2 is 2.05 bits per heavy atom. The van der Waals surface area contributed by atoms with E-state index in [1.807, 2.05) is 23.6 Å². The smallest absolute Gasteiger partial charge is 0.258 e. The standard InChI is InChI=1S/C25H26N8O3S/c1-31(2)21(34)14-33-11-8-20(30-33)29-24-26-10-7-18(28-24)19-15-37-22(27-19)16-5-4-6-17(13-16)25(36)9-12-32(3)23(25)35/h4-8,10-11,13,15,36H,9,12,14H2,1-3H3,(H,26,28,29,30)/t25-/m1/s1. The molecule has 1 fully saturated rings. The fourth-order valence-electron chi connectivity index (χ4n) is 4.03. The predicted molar refractivity (Wildman–Crippen MR) is 139 cm³/mol. The van der Waals surface area contributed by atoms with Crippen molar-refractivity contribution in [2.24, 2.45) is 0 Å². The number of hydrogen-bond acceptors (Lipinski definition) is 9. The Kier molecular flexibility index (Phi) is 6.44. The normalized spacial score (nSPS) is 17.3. The molecular formula is C25H26N8O3S. The van der Waals surface area contributed by atoms with E-state index in [2.05, 4.69) is 20.4 Å². The lowest BCUT2D eigenvalue weighted by Gasteiger charge is -2.21. The number of benzene rings is 1. The summed E-state index contributed by atoms with van der Waals surface area (Å²) in [4.78, 5) is 41.0. The molecule has 5 rings (SSSR count). The summed E-state index contributed by atoms with van der Waals surface area (Å²) in [5, 5.41) is 21.1. The number of hydrogen-bond donors (Lipinski definition) is 2. The van der Waals surface area contributed by atoms with Crippen molar-refractivity contribution in [2.75, 3.05) is 33.0 Å². The van der Waals surface area contributed by atoms with Crippen LogP contribution in [-0.2, 0) is 21.7 Å². The molecule has 2 N–H and O–H groups in total. The second kappa shape index (κ2) is 9.71. The monoisotopic (exact) mass is 518 g/mol. The summed E-state index contributed by atoms with van der Waals surface area (Å²) in [5.41, 5.74) is 1.18. The van der Waals surface area contributed by atoms with Crippen molar-refractivity contribution in [3.8, 4) is 22.0 Å². The van der Waals surface area contributed by atoms with Crippen molar-refractivity contribution >= 4 is 34.9 Å². The van der Waals surface area contributed by atoms with E-state index in [-0.39, 0.29) is 18.4 Å². The molecule has 3 aromatic heterocycles. The van der Waals surface area contributed by atoms with Crippen molar-refractivity contribution in [1.82, 2.24) is 34.5 Å². The molecule has 4 heterocycles. The minimum absolute atomic E-state index is 0.0610. The number of nitrogens with one attached hydrogen (secondary N) is 1. The predicted octanol–water partition coefficient (Wildman–Crippen LogP) is 2.35. The maximum absolute atomic E-state index is 12.5. The Balaban J connectivity index is 1.33. The first kappa shape index (κ1) is 24.5. The molecule has 0 bridgehead atoms. The summed E-state index contributed by atoms with van der Waals surface area (Å²) in [5.74, 6) is 0.516. The number of carbonyl (C=O) groups excluding carboxylic acids is 2. The minimum Gasteiger partial charge on any atom is -0.375 e.